The van der Waals surface area contributed by atoms with Gasteiger partial charge in [-0.05, 0) is 32.2 Å². The molecule has 5 heteroatoms. The van der Waals surface area contributed by atoms with Gasteiger partial charge in [-0.2, -0.15) is 0 Å². The van der Waals surface area contributed by atoms with Crippen molar-refractivity contribution < 1.29 is 9.90 Å². The van der Waals surface area contributed by atoms with Crippen molar-refractivity contribution in [2.75, 3.05) is 20.1 Å². The summed E-state index contributed by atoms with van der Waals surface area (Å²) in [5, 5.41) is 8.92. The lowest BCUT2D eigenvalue weighted by atomic mass is 9.88. The summed E-state index contributed by atoms with van der Waals surface area (Å²) in [4.78, 5) is 12.5. The molecule has 0 saturated heterocycles. The first-order chi connectivity index (χ1) is 7.49. The van der Waals surface area contributed by atoms with Gasteiger partial charge in [0, 0.05) is 23.8 Å². The summed E-state index contributed by atoms with van der Waals surface area (Å²) in [6, 6.07) is 0. The van der Waals surface area contributed by atoms with Gasteiger partial charge in [0.05, 0.1) is 6.42 Å². The van der Waals surface area contributed by atoms with Crippen molar-refractivity contribution in [2.45, 2.75) is 36.4 Å². The standard InChI is InChI=1S/C11H19Cl2NO2/c1-14(5-4-11(15)16)7-8-2-3-9(12)6-10(8)13/h8-10H,2-7H2,1H3,(H,15,16). The van der Waals surface area contributed by atoms with Crippen molar-refractivity contribution in [2.24, 2.45) is 5.92 Å². The zero-order chi connectivity index (χ0) is 12.1. The molecule has 16 heavy (non-hydrogen) atoms. The van der Waals surface area contributed by atoms with Crippen LogP contribution in [0.3, 0.4) is 0 Å². The summed E-state index contributed by atoms with van der Waals surface area (Å²) in [6.45, 7) is 1.45. The molecule has 0 heterocycles. The molecule has 1 rings (SSSR count). The highest BCUT2D eigenvalue weighted by molar-refractivity contribution is 6.23. The summed E-state index contributed by atoms with van der Waals surface area (Å²) >= 11 is 12.3. The predicted molar refractivity (Wildman–Crippen MR) is 66.4 cm³/mol. The van der Waals surface area contributed by atoms with Gasteiger partial charge in [-0.1, -0.05) is 0 Å². The van der Waals surface area contributed by atoms with E-state index in [1.54, 1.807) is 0 Å². The minimum Gasteiger partial charge on any atom is -0.481 e. The first kappa shape index (κ1) is 14.1. The minimum absolute atomic E-state index is 0.128. The van der Waals surface area contributed by atoms with Crippen LogP contribution < -0.4 is 0 Å². The molecule has 0 aromatic carbocycles. The van der Waals surface area contributed by atoms with Crippen LogP contribution in [0.5, 0.6) is 0 Å². The lowest BCUT2D eigenvalue weighted by molar-refractivity contribution is -0.137. The lowest BCUT2D eigenvalue weighted by Gasteiger charge is -2.32. The van der Waals surface area contributed by atoms with Gasteiger partial charge < -0.3 is 10.0 Å². The number of nitrogens with zero attached hydrogens (tertiary/aromatic N) is 1. The van der Waals surface area contributed by atoms with Crippen LogP contribution in [-0.2, 0) is 4.79 Å². The van der Waals surface area contributed by atoms with E-state index >= 15 is 0 Å². The second-order valence-electron chi connectivity index (χ2n) is 4.59. The number of carbonyl (C=O) groups is 1. The number of hydrogen-bond acceptors (Lipinski definition) is 2. The third-order valence-corrected chi connectivity index (χ3v) is 4.03. The van der Waals surface area contributed by atoms with Gasteiger partial charge in [-0.15, -0.1) is 23.2 Å². The summed E-state index contributed by atoms with van der Waals surface area (Å²) in [7, 11) is 1.94. The average Bonchev–Trinajstić information content (AvgIpc) is 2.19. The molecular formula is C11H19Cl2NO2. The second kappa shape index (κ2) is 6.67. The van der Waals surface area contributed by atoms with Crippen LogP contribution in [0, 0.1) is 5.92 Å². The molecule has 0 amide bonds. The average molecular weight is 268 g/mol. The Balaban J connectivity index is 2.27. The van der Waals surface area contributed by atoms with Crippen LogP contribution in [0.25, 0.3) is 0 Å². The van der Waals surface area contributed by atoms with Gasteiger partial charge in [-0.25, -0.2) is 0 Å². The van der Waals surface area contributed by atoms with E-state index < -0.39 is 5.97 Å². The summed E-state index contributed by atoms with van der Waals surface area (Å²) < 4.78 is 0. The number of hydrogen-bond donors (Lipinski definition) is 1. The molecule has 0 radical (unpaired) electrons. The highest BCUT2D eigenvalue weighted by Crippen LogP contribution is 2.32. The number of rotatable bonds is 5. The molecule has 3 nitrogen and oxygen atoms in total. The molecule has 3 unspecified atom stereocenters. The van der Waals surface area contributed by atoms with Crippen molar-refractivity contribution in [1.29, 1.82) is 0 Å². The zero-order valence-corrected chi connectivity index (χ0v) is 11.0. The molecule has 1 fully saturated rings. The number of halogens is 2. The summed E-state index contributed by atoms with van der Waals surface area (Å²) in [5.41, 5.74) is 0. The van der Waals surface area contributed by atoms with E-state index in [-0.39, 0.29) is 17.2 Å². The molecule has 1 saturated carbocycles. The molecule has 0 bridgehead atoms. The van der Waals surface area contributed by atoms with Crippen LogP contribution in [0.15, 0.2) is 0 Å². The van der Waals surface area contributed by atoms with Crippen molar-refractivity contribution in [1.82, 2.24) is 4.90 Å². The second-order valence-corrected chi connectivity index (χ2v) is 5.77. The molecule has 0 aromatic heterocycles. The van der Waals surface area contributed by atoms with Gasteiger partial charge in [0.1, 0.15) is 0 Å². The zero-order valence-electron chi connectivity index (χ0n) is 9.53. The maximum Gasteiger partial charge on any atom is 0.304 e. The molecule has 1 aliphatic rings. The van der Waals surface area contributed by atoms with Crippen molar-refractivity contribution >= 4 is 29.2 Å². The third kappa shape index (κ3) is 4.89. The van der Waals surface area contributed by atoms with Crippen molar-refractivity contribution in [3.63, 3.8) is 0 Å². The Kier molecular flexibility index (Phi) is 5.87. The first-order valence-corrected chi connectivity index (χ1v) is 6.54. The van der Waals surface area contributed by atoms with Crippen LogP contribution in [0.4, 0.5) is 0 Å². The minimum atomic E-state index is -0.751. The predicted octanol–water partition coefficient (Wildman–Crippen LogP) is 2.41. The Bertz CT molecular complexity index is 238. The Labute approximate surface area is 107 Å². The molecule has 1 aliphatic carbocycles. The van der Waals surface area contributed by atoms with Crippen LogP contribution >= 0.6 is 23.2 Å². The number of carboxylic acids is 1. The van der Waals surface area contributed by atoms with E-state index in [4.69, 9.17) is 28.3 Å². The topological polar surface area (TPSA) is 40.5 Å². The quantitative estimate of drug-likeness (QED) is 0.778. The Morgan fingerprint density at radius 3 is 2.69 bits per heavy atom. The lowest BCUT2D eigenvalue weighted by Crippen LogP contribution is -2.36. The summed E-state index contributed by atoms with van der Waals surface area (Å²) in [5.74, 6) is -0.311. The molecule has 1 N–H and O–H groups in total. The Hall–Kier alpha value is 0.01000. The van der Waals surface area contributed by atoms with Crippen LogP contribution in [-0.4, -0.2) is 46.9 Å². The Morgan fingerprint density at radius 2 is 2.12 bits per heavy atom. The third-order valence-electron chi connectivity index (χ3n) is 3.10. The monoisotopic (exact) mass is 267 g/mol. The fourth-order valence-corrected chi connectivity index (χ4v) is 2.94. The number of carboxylic acid groups (broad SMARTS) is 1. The summed E-state index contributed by atoms with van der Waals surface area (Å²) in [6.07, 6.45) is 3.11. The largest absolute Gasteiger partial charge is 0.481 e. The highest BCUT2D eigenvalue weighted by atomic mass is 35.5. The van der Waals surface area contributed by atoms with Crippen molar-refractivity contribution in [3.8, 4) is 0 Å². The molecule has 94 valence electrons. The smallest absolute Gasteiger partial charge is 0.304 e. The molecule has 3 atom stereocenters. The van der Waals surface area contributed by atoms with E-state index in [9.17, 15) is 4.79 Å². The van der Waals surface area contributed by atoms with Gasteiger partial charge >= 0.3 is 5.97 Å². The van der Waals surface area contributed by atoms with E-state index in [0.29, 0.717) is 12.5 Å². The van der Waals surface area contributed by atoms with E-state index in [1.165, 1.54) is 0 Å². The molecule has 0 aliphatic heterocycles. The number of alkyl halides is 2. The normalized spacial score (nSPS) is 30.6. The maximum atomic E-state index is 10.4. The SMILES string of the molecule is CN(CCC(=O)O)CC1CCC(Cl)CC1Cl. The van der Waals surface area contributed by atoms with E-state index in [1.807, 2.05) is 11.9 Å². The van der Waals surface area contributed by atoms with E-state index in [2.05, 4.69) is 0 Å². The van der Waals surface area contributed by atoms with Crippen LogP contribution in [0.2, 0.25) is 0 Å². The fourth-order valence-electron chi connectivity index (χ4n) is 2.11. The van der Waals surface area contributed by atoms with Crippen molar-refractivity contribution in [3.05, 3.63) is 0 Å². The molecule has 0 spiro atoms. The van der Waals surface area contributed by atoms with E-state index in [0.717, 1.165) is 25.8 Å². The highest BCUT2D eigenvalue weighted by Gasteiger charge is 2.28. The molecule has 0 aromatic rings. The maximum absolute atomic E-state index is 10.4. The fraction of sp³-hybridized carbons (Fsp3) is 0.909. The Morgan fingerprint density at radius 1 is 1.44 bits per heavy atom. The van der Waals surface area contributed by atoms with Gasteiger partial charge in [0.15, 0.2) is 0 Å². The van der Waals surface area contributed by atoms with Gasteiger partial charge in [-0.3, -0.25) is 4.79 Å². The molecular weight excluding hydrogens is 249 g/mol. The van der Waals surface area contributed by atoms with Gasteiger partial charge in [0.25, 0.3) is 0 Å². The van der Waals surface area contributed by atoms with Gasteiger partial charge in [0.2, 0.25) is 0 Å². The number of aliphatic carboxylic acids is 1. The van der Waals surface area contributed by atoms with Crippen LogP contribution in [0.1, 0.15) is 25.7 Å². The first-order valence-electron chi connectivity index (χ1n) is 5.67.